The van der Waals surface area contributed by atoms with Crippen molar-refractivity contribution in [2.75, 3.05) is 11.5 Å². The average molecular weight is 570 g/mol. The number of carbonyl (C=O) groups is 3. The summed E-state index contributed by atoms with van der Waals surface area (Å²) in [5, 5.41) is 10.8. The molecule has 1 aliphatic heterocycles. The topological polar surface area (TPSA) is 99.5 Å². The Balaban J connectivity index is 1.98. The first kappa shape index (κ1) is 20.9. The lowest BCUT2D eigenvalue weighted by Gasteiger charge is -2.26. The average Bonchev–Trinajstić information content (AvgIpc) is 2.66. The van der Waals surface area contributed by atoms with Gasteiger partial charge in [0.2, 0.25) is 0 Å². The van der Waals surface area contributed by atoms with Crippen molar-refractivity contribution in [2.24, 2.45) is 0 Å². The third-order valence-electron chi connectivity index (χ3n) is 3.80. The Labute approximate surface area is 186 Å². The van der Waals surface area contributed by atoms with E-state index in [9.17, 15) is 18.8 Å². The smallest absolute Gasteiger partial charge is 0.335 e. The molecule has 7 nitrogen and oxygen atoms in total. The molecule has 146 valence electrons. The maximum absolute atomic E-state index is 13.2. The number of nitrogens with zero attached hydrogens (tertiary/aromatic N) is 2. The van der Waals surface area contributed by atoms with E-state index in [4.69, 9.17) is 10.00 Å². The van der Waals surface area contributed by atoms with Crippen LogP contribution in [-0.2, 0) is 9.59 Å². The van der Waals surface area contributed by atoms with Gasteiger partial charge in [-0.2, -0.15) is 5.26 Å². The summed E-state index contributed by atoms with van der Waals surface area (Å²) in [6.45, 7) is -0.134. The number of barbiturate groups is 1. The summed E-state index contributed by atoms with van der Waals surface area (Å²) in [4.78, 5) is 38.0. The van der Waals surface area contributed by atoms with Gasteiger partial charge in [-0.15, -0.1) is 0 Å². The van der Waals surface area contributed by atoms with Crippen LogP contribution >= 0.6 is 38.5 Å². The molecule has 0 aliphatic carbocycles. The highest BCUT2D eigenvalue weighted by Gasteiger charge is 2.36. The van der Waals surface area contributed by atoms with Crippen LogP contribution in [0.2, 0.25) is 0 Å². The number of nitriles is 1. The lowest BCUT2D eigenvalue weighted by molar-refractivity contribution is -0.122. The number of carbonyl (C=O) groups excluding carboxylic acids is 3. The molecule has 2 aromatic rings. The number of halogens is 3. The summed E-state index contributed by atoms with van der Waals surface area (Å²) in [6.07, 6.45) is 1.33. The summed E-state index contributed by atoms with van der Waals surface area (Å²) in [5.74, 6) is -1.74. The number of urea groups is 1. The van der Waals surface area contributed by atoms with E-state index in [0.29, 0.717) is 19.4 Å². The first-order chi connectivity index (χ1) is 13.8. The van der Waals surface area contributed by atoms with E-state index in [2.05, 4.69) is 21.2 Å². The Kier molecular flexibility index (Phi) is 6.29. The van der Waals surface area contributed by atoms with Crippen molar-refractivity contribution in [2.45, 2.75) is 0 Å². The normalized spacial score (nSPS) is 15.3. The van der Waals surface area contributed by atoms with E-state index in [1.165, 1.54) is 18.2 Å². The molecule has 4 amide bonds. The van der Waals surface area contributed by atoms with Crippen molar-refractivity contribution in [3.8, 4) is 11.8 Å². The van der Waals surface area contributed by atoms with Gasteiger partial charge >= 0.3 is 6.03 Å². The molecule has 0 radical (unpaired) electrons. The Hall–Kier alpha value is -2.78. The van der Waals surface area contributed by atoms with Crippen LogP contribution in [0.1, 0.15) is 5.56 Å². The van der Waals surface area contributed by atoms with E-state index in [1.807, 2.05) is 28.7 Å². The predicted molar refractivity (Wildman–Crippen MR) is 113 cm³/mol. The van der Waals surface area contributed by atoms with Gasteiger partial charge in [0.25, 0.3) is 11.8 Å². The number of amides is 4. The Morgan fingerprint density at radius 2 is 1.93 bits per heavy atom. The molecular weight excluding hydrogens is 560 g/mol. The van der Waals surface area contributed by atoms with Gasteiger partial charge in [0.15, 0.2) is 6.61 Å². The van der Waals surface area contributed by atoms with Crippen molar-refractivity contribution in [3.63, 3.8) is 0 Å². The molecule has 0 bridgehead atoms. The highest BCUT2D eigenvalue weighted by molar-refractivity contribution is 14.1. The molecule has 1 saturated heterocycles. The highest BCUT2D eigenvalue weighted by Crippen LogP contribution is 2.33. The Morgan fingerprint density at radius 1 is 1.24 bits per heavy atom. The summed E-state index contributed by atoms with van der Waals surface area (Å²) in [6, 6.07) is 8.97. The van der Waals surface area contributed by atoms with E-state index >= 15 is 0 Å². The van der Waals surface area contributed by atoms with E-state index < -0.39 is 23.7 Å². The minimum atomic E-state index is -0.917. The van der Waals surface area contributed by atoms with E-state index in [1.54, 1.807) is 12.1 Å². The van der Waals surface area contributed by atoms with E-state index in [-0.39, 0.29) is 17.9 Å². The zero-order chi connectivity index (χ0) is 21.1. The van der Waals surface area contributed by atoms with Crippen molar-refractivity contribution in [1.82, 2.24) is 5.32 Å². The highest BCUT2D eigenvalue weighted by atomic mass is 127. The molecule has 10 heteroatoms. The zero-order valence-electron chi connectivity index (χ0n) is 14.4. The van der Waals surface area contributed by atoms with Crippen LogP contribution in [-0.4, -0.2) is 24.5 Å². The van der Waals surface area contributed by atoms with Crippen LogP contribution in [0.4, 0.5) is 14.9 Å². The monoisotopic (exact) mass is 569 g/mol. The Morgan fingerprint density at radius 3 is 2.55 bits per heavy atom. The van der Waals surface area contributed by atoms with Crippen molar-refractivity contribution in [3.05, 3.63) is 61.4 Å². The van der Waals surface area contributed by atoms with Gasteiger partial charge in [0.1, 0.15) is 23.2 Å². The number of ether oxygens (including phenoxy) is 1. The SMILES string of the molecule is N#CCOc1c(Br)cc(/C=C2\C(=O)NC(=O)N(c3ccc(F)cc3)C2=O)cc1I. The fourth-order valence-corrected chi connectivity index (χ4v) is 4.32. The number of benzene rings is 2. The summed E-state index contributed by atoms with van der Waals surface area (Å²) in [7, 11) is 0. The molecule has 0 saturated carbocycles. The van der Waals surface area contributed by atoms with Gasteiger partial charge < -0.3 is 4.74 Å². The number of rotatable bonds is 4. The lowest BCUT2D eigenvalue weighted by atomic mass is 10.1. The largest absolute Gasteiger partial charge is 0.476 e. The summed E-state index contributed by atoms with van der Waals surface area (Å²) >= 11 is 5.33. The third kappa shape index (κ3) is 4.46. The fraction of sp³-hybridized carbons (Fsp3) is 0.0526. The number of hydrogen-bond donors (Lipinski definition) is 1. The summed E-state index contributed by atoms with van der Waals surface area (Å²) < 4.78 is 19.7. The molecule has 0 unspecified atom stereocenters. The lowest BCUT2D eigenvalue weighted by Crippen LogP contribution is -2.54. The molecule has 0 spiro atoms. The predicted octanol–water partition coefficient (Wildman–Crippen LogP) is 3.76. The molecular formula is C19H10BrFIN3O4. The molecule has 2 aromatic carbocycles. The maximum atomic E-state index is 13.2. The van der Waals surface area contributed by atoms with Crippen molar-refractivity contribution in [1.29, 1.82) is 5.26 Å². The van der Waals surface area contributed by atoms with Crippen LogP contribution in [0, 0.1) is 20.7 Å². The van der Waals surface area contributed by atoms with Gasteiger partial charge in [-0.3, -0.25) is 14.9 Å². The molecule has 1 heterocycles. The standard InChI is InChI=1S/C19H10BrFIN3O4/c20-14-8-10(9-15(22)16(14)29-6-5-23)7-13-17(26)24-19(28)25(18(13)27)12-3-1-11(21)2-4-12/h1-4,7-9H,6H2,(H,24,26,28)/b13-7+. The number of anilines is 1. The van der Waals surface area contributed by atoms with Gasteiger partial charge in [0.05, 0.1) is 13.7 Å². The molecule has 3 rings (SSSR count). The van der Waals surface area contributed by atoms with Gasteiger partial charge in [-0.1, -0.05) is 0 Å². The van der Waals surface area contributed by atoms with Crippen LogP contribution in [0.25, 0.3) is 6.08 Å². The minimum Gasteiger partial charge on any atom is -0.476 e. The van der Waals surface area contributed by atoms with Gasteiger partial charge in [0, 0.05) is 0 Å². The quantitative estimate of drug-likeness (QED) is 0.343. The zero-order valence-corrected chi connectivity index (χ0v) is 18.2. The maximum Gasteiger partial charge on any atom is 0.335 e. The second kappa shape index (κ2) is 8.71. The number of nitrogens with one attached hydrogen (secondary N) is 1. The van der Waals surface area contributed by atoms with Crippen molar-refractivity contribution >= 4 is 68.1 Å². The van der Waals surface area contributed by atoms with Crippen LogP contribution in [0.5, 0.6) is 5.75 Å². The van der Waals surface area contributed by atoms with Crippen molar-refractivity contribution < 1.29 is 23.5 Å². The number of imide groups is 2. The molecule has 1 fully saturated rings. The third-order valence-corrected chi connectivity index (χ3v) is 5.19. The van der Waals surface area contributed by atoms with E-state index in [0.717, 1.165) is 17.0 Å². The number of hydrogen-bond acceptors (Lipinski definition) is 5. The van der Waals surface area contributed by atoms with Gasteiger partial charge in [-0.25, -0.2) is 14.1 Å². The first-order valence-corrected chi connectivity index (χ1v) is 9.85. The Bertz CT molecular complexity index is 1070. The molecule has 1 aliphatic rings. The molecule has 0 atom stereocenters. The fourth-order valence-electron chi connectivity index (χ4n) is 2.55. The minimum absolute atomic E-state index is 0.128. The van der Waals surface area contributed by atoms with Crippen LogP contribution in [0.15, 0.2) is 46.4 Å². The molecule has 0 aromatic heterocycles. The van der Waals surface area contributed by atoms with Gasteiger partial charge in [-0.05, 0) is 86.6 Å². The van der Waals surface area contributed by atoms with Crippen LogP contribution < -0.4 is 15.0 Å². The molecule has 29 heavy (non-hydrogen) atoms. The first-order valence-electron chi connectivity index (χ1n) is 7.97. The second-order valence-electron chi connectivity index (χ2n) is 5.69. The summed E-state index contributed by atoms with van der Waals surface area (Å²) in [5.41, 5.74) is 0.364. The second-order valence-corrected chi connectivity index (χ2v) is 7.71. The van der Waals surface area contributed by atoms with Crippen LogP contribution in [0.3, 0.4) is 0 Å². The molecule has 1 N–H and O–H groups in total.